The van der Waals surface area contributed by atoms with Gasteiger partial charge in [-0.25, -0.2) is 21.1 Å². The van der Waals surface area contributed by atoms with Crippen LogP contribution in [-0.2, 0) is 25.3 Å². The Morgan fingerprint density at radius 2 is 1.66 bits per heavy atom. The van der Waals surface area contributed by atoms with Crippen LogP contribution >= 0.6 is 47.1 Å². The van der Waals surface area contributed by atoms with Crippen molar-refractivity contribution < 1.29 is 34.7 Å². The molecule has 0 saturated carbocycles. The molecule has 0 aliphatic carbocycles. The molecular weight excluding hydrogens is 673 g/mol. The summed E-state index contributed by atoms with van der Waals surface area (Å²) in [6, 6.07) is 6.01. The fourth-order valence-electron chi connectivity index (χ4n) is 4.36. The quantitative estimate of drug-likeness (QED) is 0.341. The molecule has 3 heterocycles. The molecule has 41 heavy (non-hydrogen) atoms. The second kappa shape index (κ2) is 16.7. The number of rotatable bonds is 8. The second-order valence-corrected chi connectivity index (χ2v) is 14.3. The number of hydrogen-bond acceptors (Lipinski definition) is 7. The zero-order valence-electron chi connectivity index (χ0n) is 21.7. The topological polar surface area (TPSA) is 106 Å². The highest BCUT2D eigenvalue weighted by molar-refractivity contribution is 8.13. The van der Waals surface area contributed by atoms with E-state index in [2.05, 4.69) is 10.3 Å². The molecule has 0 unspecified atom stereocenters. The first kappa shape index (κ1) is 38.0. The third kappa shape index (κ3) is 12.2. The molecule has 8 nitrogen and oxygen atoms in total. The number of piperidine rings is 1. The van der Waals surface area contributed by atoms with Crippen molar-refractivity contribution in [3.8, 4) is 5.75 Å². The number of halogens is 7. The highest BCUT2D eigenvalue weighted by Crippen LogP contribution is 2.34. The molecule has 2 aliphatic rings. The average molecular weight is 705 g/mol. The lowest BCUT2D eigenvalue weighted by atomic mass is 10.1. The maximum Gasteiger partial charge on any atom is 0.416 e. The van der Waals surface area contributed by atoms with Crippen molar-refractivity contribution in [1.82, 2.24) is 14.6 Å². The minimum absolute atomic E-state index is 0. The van der Waals surface area contributed by atoms with Crippen molar-refractivity contribution in [2.45, 2.75) is 61.7 Å². The van der Waals surface area contributed by atoms with Crippen molar-refractivity contribution >= 4 is 66.2 Å². The maximum atomic E-state index is 12.5. The standard InChI is InChI=1S/C17H27N3O3S.C7H3Cl2F3O2S.2ClH/c21-24(22,14-2-4-15-3-1-9-19-15)20-12-7-17(8-13-20)23-16-5-10-18-11-6-16;8-5-3-4(7(10,11)12)1-2-6(5)15(9,13)14;;/h5-6,10-11,15,17,19H,1-4,7-9,12-14H2;1-3H;2*1H/t15-;;;/m0.../s1. The predicted molar refractivity (Wildman–Crippen MR) is 157 cm³/mol. The van der Waals surface area contributed by atoms with Gasteiger partial charge in [0.1, 0.15) is 16.7 Å². The molecule has 17 heteroatoms. The Labute approximate surface area is 260 Å². The molecule has 1 atom stereocenters. The summed E-state index contributed by atoms with van der Waals surface area (Å²) in [5.41, 5.74) is -1.03. The van der Waals surface area contributed by atoms with Crippen LogP contribution in [0, 0.1) is 0 Å². The predicted octanol–water partition coefficient (Wildman–Crippen LogP) is 5.92. The molecule has 1 N–H and O–H groups in total. The van der Waals surface area contributed by atoms with E-state index in [1.54, 1.807) is 16.7 Å². The number of hydrogen-bond donors (Lipinski definition) is 1. The van der Waals surface area contributed by atoms with E-state index >= 15 is 0 Å². The molecule has 0 amide bonds. The Morgan fingerprint density at radius 1 is 1.02 bits per heavy atom. The molecule has 4 rings (SSSR count). The van der Waals surface area contributed by atoms with Crippen LogP contribution in [0.25, 0.3) is 0 Å². The summed E-state index contributed by atoms with van der Waals surface area (Å²) in [6.07, 6.45) is 4.49. The van der Waals surface area contributed by atoms with Crippen LogP contribution in [0.3, 0.4) is 0 Å². The van der Waals surface area contributed by atoms with Gasteiger partial charge in [-0.2, -0.15) is 13.2 Å². The van der Waals surface area contributed by atoms with Gasteiger partial charge in [0.15, 0.2) is 0 Å². The number of aromatic nitrogens is 1. The summed E-state index contributed by atoms with van der Waals surface area (Å²) >= 11 is 5.36. The van der Waals surface area contributed by atoms with Crippen molar-refractivity contribution in [2.75, 3.05) is 25.4 Å². The lowest BCUT2D eigenvalue weighted by Crippen LogP contribution is -2.42. The van der Waals surface area contributed by atoms with Gasteiger partial charge in [-0.05, 0) is 75.4 Å². The third-order valence-corrected chi connectivity index (χ3v) is 10.1. The van der Waals surface area contributed by atoms with Crippen LogP contribution in [0.4, 0.5) is 13.2 Å². The average Bonchev–Trinajstić information content (AvgIpc) is 3.37. The zero-order valence-corrected chi connectivity index (χ0v) is 26.5. The number of alkyl halides is 3. The van der Waals surface area contributed by atoms with Crippen LogP contribution in [0.2, 0.25) is 5.02 Å². The van der Waals surface area contributed by atoms with E-state index in [-0.39, 0.29) is 36.7 Å². The van der Waals surface area contributed by atoms with E-state index in [4.69, 9.17) is 27.0 Å². The fraction of sp³-hybridized carbons (Fsp3) is 0.542. The Hall–Kier alpha value is -1.06. The lowest BCUT2D eigenvalue weighted by molar-refractivity contribution is -0.137. The maximum absolute atomic E-state index is 12.5. The van der Waals surface area contributed by atoms with E-state index < -0.39 is 40.7 Å². The summed E-state index contributed by atoms with van der Waals surface area (Å²) in [5.74, 6) is 1.07. The van der Waals surface area contributed by atoms with Gasteiger partial charge < -0.3 is 10.1 Å². The molecule has 1 aromatic carbocycles. The summed E-state index contributed by atoms with van der Waals surface area (Å²) in [5, 5.41) is 2.87. The van der Waals surface area contributed by atoms with Crippen LogP contribution in [0.15, 0.2) is 47.6 Å². The zero-order chi connectivity index (χ0) is 28.7. The molecular formula is C24H32Cl4F3N3O5S2. The van der Waals surface area contributed by atoms with Gasteiger partial charge in [-0.15, -0.1) is 24.8 Å². The summed E-state index contributed by atoms with van der Waals surface area (Å²) < 4.78 is 90.6. The molecule has 2 aliphatic heterocycles. The van der Waals surface area contributed by atoms with Gasteiger partial charge in [0.05, 0.1) is 16.3 Å². The fourth-order valence-corrected chi connectivity index (χ4v) is 7.44. The van der Waals surface area contributed by atoms with Crippen molar-refractivity contribution in [2.24, 2.45) is 0 Å². The number of nitrogens with one attached hydrogen (secondary N) is 1. The van der Waals surface area contributed by atoms with Gasteiger partial charge in [0, 0.05) is 42.2 Å². The Morgan fingerprint density at radius 3 is 2.17 bits per heavy atom. The molecule has 0 radical (unpaired) electrons. The normalized spacial score (nSPS) is 18.4. The second-order valence-electron chi connectivity index (χ2n) is 9.23. The SMILES string of the molecule is Cl.Cl.O=S(=O)(CCC[C@@H]1CCCN1)N1CCC(Oc2ccncc2)CC1.O=S(=O)(Cl)c1ccc(C(F)(F)F)cc1Cl. The number of sulfonamides is 1. The first-order chi connectivity index (χ1) is 18.3. The van der Waals surface area contributed by atoms with E-state index in [0.29, 0.717) is 37.3 Å². The molecule has 2 fully saturated rings. The molecule has 0 spiro atoms. The van der Waals surface area contributed by atoms with Crippen molar-refractivity contribution in [3.63, 3.8) is 0 Å². The van der Waals surface area contributed by atoms with E-state index in [1.165, 1.54) is 12.8 Å². The third-order valence-electron chi connectivity index (χ3n) is 6.39. The largest absolute Gasteiger partial charge is 0.490 e. The first-order valence-electron chi connectivity index (χ1n) is 12.3. The Balaban J connectivity index is 0.000000432. The number of nitrogens with zero attached hydrogens (tertiary/aromatic N) is 2. The minimum atomic E-state index is -4.57. The van der Waals surface area contributed by atoms with Crippen LogP contribution in [0.5, 0.6) is 5.75 Å². The smallest absolute Gasteiger partial charge is 0.416 e. The minimum Gasteiger partial charge on any atom is -0.490 e. The molecule has 2 aromatic rings. The van der Waals surface area contributed by atoms with Crippen LogP contribution in [0.1, 0.15) is 44.1 Å². The summed E-state index contributed by atoms with van der Waals surface area (Å²) in [4.78, 5) is 3.43. The van der Waals surface area contributed by atoms with Gasteiger partial charge in [-0.3, -0.25) is 4.98 Å². The summed E-state index contributed by atoms with van der Waals surface area (Å²) in [7, 11) is -2.32. The Bertz CT molecular complexity index is 1290. The van der Waals surface area contributed by atoms with Crippen LogP contribution in [-0.4, -0.2) is 63.7 Å². The molecule has 0 bridgehead atoms. The number of pyridine rings is 1. The monoisotopic (exact) mass is 703 g/mol. The molecule has 234 valence electrons. The highest BCUT2D eigenvalue weighted by Gasteiger charge is 2.32. The first-order valence-corrected chi connectivity index (χ1v) is 16.6. The van der Waals surface area contributed by atoms with E-state index in [9.17, 15) is 30.0 Å². The van der Waals surface area contributed by atoms with Crippen LogP contribution < -0.4 is 10.1 Å². The highest BCUT2D eigenvalue weighted by atomic mass is 35.7. The number of benzene rings is 1. The molecule has 2 saturated heterocycles. The molecule has 1 aromatic heterocycles. The Kier molecular flexibility index (Phi) is 15.5. The van der Waals surface area contributed by atoms with Gasteiger partial charge in [0.25, 0.3) is 9.05 Å². The van der Waals surface area contributed by atoms with Gasteiger partial charge >= 0.3 is 6.18 Å². The lowest BCUT2D eigenvalue weighted by Gasteiger charge is -2.31. The van der Waals surface area contributed by atoms with Gasteiger partial charge in [0.2, 0.25) is 10.0 Å². The van der Waals surface area contributed by atoms with Gasteiger partial charge in [-0.1, -0.05) is 11.6 Å². The van der Waals surface area contributed by atoms with E-state index in [1.807, 2.05) is 12.1 Å². The summed E-state index contributed by atoms with van der Waals surface area (Å²) in [6.45, 7) is 2.18. The van der Waals surface area contributed by atoms with E-state index in [0.717, 1.165) is 38.0 Å². The van der Waals surface area contributed by atoms with Crippen molar-refractivity contribution in [1.29, 1.82) is 0 Å². The van der Waals surface area contributed by atoms with Crippen molar-refractivity contribution in [3.05, 3.63) is 53.3 Å². The number of ether oxygens (including phenoxy) is 1.